The minimum atomic E-state index is -2.90. The van der Waals surface area contributed by atoms with Gasteiger partial charge in [-0.2, -0.15) is 5.12 Å². The predicted octanol–water partition coefficient (Wildman–Crippen LogP) is 3.32. The van der Waals surface area contributed by atoms with E-state index in [0.29, 0.717) is 6.92 Å². The number of nitrogens with zero attached hydrogens (tertiary/aromatic N) is 1. The van der Waals surface area contributed by atoms with Gasteiger partial charge in [-0.3, -0.25) is 0 Å². The third-order valence-corrected chi connectivity index (χ3v) is 2.04. The molecule has 0 bridgehead atoms. The molecule has 0 N–H and O–H groups in total. The van der Waals surface area contributed by atoms with Gasteiger partial charge in [0.25, 0.3) is 5.79 Å². The molecule has 0 aromatic rings. The fraction of sp³-hybridized carbons (Fsp3) is 0.500. The highest BCUT2D eigenvalue weighted by Crippen LogP contribution is 2.41. The summed E-state index contributed by atoms with van der Waals surface area (Å²) in [6, 6.07) is 0. The van der Waals surface area contributed by atoms with Crippen molar-refractivity contribution in [1.29, 1.82) is 0 Å². The van der Waals surface area contributed by atoms with Crippen LogP contribution in [0.15, 0.2) is 22.9 Å². The number of hydrogen-bond donors (Lipinski definition) is 0. The third kappa shape index (κ3) is 1.22. The Labute approximate surface area is 73.3 Å². The van der Waals surface area contributed by atoms with Gasteiger partial charge in [-0.25, -0.2) is 13.2 Å². The molecule has 0 radical (unpaired) electrons. The lowest BCUT2D eigenvalue weighted by Gasteiger charge is -2.32. The van der Waals surface area contributed by atoms with Gasteiger partial charge in [-0.1, -0.05) is 4.48 Å². The van der Waals surface area contributed by atoms with Crippen molar-refractivity contribution in [1.82, 2.24) is 5.12 Å². The van der Waals surface area contributed by atoms with Crippen LogP contribution in [0.4, 0.5) is 17.7 Å². The van der Waals surface area contributed by atoms with Crippen molar-refractivity contribution in [2.75, 3.05) is 0 Å². The number of halogens is 4. The van der Waals surface area contributed by atoms with Gasteiger partial charge in [0.1, 0.15) is 0 Å². The number of rotatable bonds is 0. The maximum Gasteiger partial charge on any atom is 0.258 e. The minimum absolute atomic E-state index is 0.489. The maximum absolute atomic E-state index is 13.2. The summed E-state index contributed by atoms with van der Waals surface area (Å²) in [5.41, 5.74) is -1.04. The number of hydrogen-bond acceptors (Lipinski definition) is 1. The van der Waals surface area contributed by atoms with Gasteiger partial charge in [0.2, 0.25) is 0 Å². The molecule has 0 spiro atoms. The van der Waals surface area contributed by atoms with Crippen LogP contribution in [-0.4, -0.2) is 10.9 Å². The molecule has 5 heteroatoms. The first-order valence-electron chi connectivity index (χ1n) is 3.68. The van der Waals surface area contributed by atoms with E-state index in [-0.39, 0.29) is 0 Å². The van der Waals surface area contributed by atoms with Gasteiger partial charge < -0.3 is 0 Å². The lowest BCUT2D eigenvalue weighted by atomic mass is 10.0. The molecule has 1 rings (SSSR count). The highest BCUT2D eigenvalue weighted by atomic mass is 19.2. The molecule has 0 aromatic heterocycles. The Morgan fingerprint density at radius 2 is 1.69 bits per heavy atom. The largest absolute Gasteiger partial charge is 0.258 e. The van der Waals surface area contributed by atoms with E-state index in [1.807, 2.05) is 0 Å². The normalized spacial score (nSPS) is 30.2. The summed E-state index contributed by atoms with van der Waals surface area (Å²) in [5.74, 6) is -5.39. The Balaban J connectivity index is 3.32. The van der Waals surface area contributed by atoms with E-state index in [9.17, 15) is 17.7 Å². The average Bonchev–Trinajstić information content (AvgIpc) is 2.09. The summed E-state index contributed by atoms with van der Waals surface area (Å²) in [4.78, 5) is 0. The van der Waals surface area contributed by atoms with Crippen LogP contribution < -0.4 is 0 Å². The lowest BCUT2D eigenvalue weighted by molar-refractivity contribution is -0.112. The summed E-state index contributed by atoms with van der Waals surface area (Å²) in [6.45, 7) is 2.81. The standard InChI is InChI=1S/C8H9F4N/c1-4-6(9)5(2)13(12)8(3,11)7(4)10/h1-3H3. The average molecular weight is 195 g/mol. The van der Waals surface area contributed by atoms with Gasteiger partial charge in [-0.15, -0.1) is 0 Å². The topological polar surface area (TPSA) is 3.24 Å². The number of allylic oxidation sites excluding steroid dienone is 3. The first kappa shape index (κ1) is 10.1. The molecule has 0 fully saturated rings. The Kier molecular flexibility index (Phi) is 2.13. The Morgan fingerprint density at radius 3 is 2.15 bits per heavy atom. The van der Waals surface area contributed by atoms with Gasteiger partial charge in [0, 0.05) is 5.57 Å². The monoisotopic (exact) mass is 195 g/mol. The Morgan fingerprint density at radius 1 is 1.23 bits per heavy atom. The minimum Gasteiger partial charge on any atom is -0.210 e. The maximum atomic E-state index is 13.2. The van der Waals surface area contributed by atoms with Crippen LogP contribution in [-0.2, 0) is 0 Å². The molecule has 0 amide bonds. The van der Waals surface area contributed by atoms with E-state index < -0.39 is 33.8 Å². The second-order valence-electron chi connectivity index (χ2n) is 3.07. The molecule has 1 unspecified atom stereocenters. The molecule has 0 aliphatic carbocycles. The van der Waals surface area contributed by atoms with Crippen LogP contribution in [0.1, 0.15) is 20.8 Å². The molecular formula is C8H9F4N. The first-order valence-corrected chi connectivity index (χ1v) is 3.68. The van der Waals surface area contributed by atoms with Crippen LogP contribution in [0.3, 0.4) is 0 Å². The third-order valence-electron chi connectivity index (χ3n) is 2.04. The van der Waals surface area contributed by atoms with Gasteiger partial charge in [-0.05, 0) is 20.8 Å². The van der Waals surface area contributed by atoms with E-state index in [2.05, 4.69) is 0 Å². The number of alkyl halides is 1. The first-order chi connectivity index (χ1) is 5.80. The summed E-state index contributed by atoms with van der Waals surface area (Å²) < 4.78 is 52.1. The zero-order valence-corrected chi connectivity index (χ0v) is 7.46. The molecule has 1 aliphatic heterocycles. The zero-order valence-electron chi connectivity index (χ0n) is 7.46. The lowest BCUT2D eigenvalue weighted by Crippen LogP contribution is -2.39. The predicted molar refractivity (Wildman–Crippen MR) is 40.1 cm³/mol. The second kappa shape index (κ2) is 2.75. The zero-order chi connectivity index (χ0) is 10.4. The van der Waals surface area contributed by atoms with Gasteiger partial charge in [0.15, 0.2) is 11.7 Å². The van der Waals surface area contributed by atoms with Crippen LogP contribution in [0, 0.1) is 0 Å². The molecule has 1 aliphatic rings. The van der Waals surface area contributed by atoms with Crippen molar-refractivity contribution >= 4 is 0 Å². The molecule has 1 atom stereocenters. The van der Waals surface area contributed by atoms with E-state index >= 15 is 0 Å². The van der Waals surface area contributed by atoms with Crippen molar-refractivity contribution < 1.29 is 17.7 Å². The molecule has 13 heavy (non-hydrogen) atoms. The van der Waals surface area contributed by atoms with Crippen molar-refractivity contribution in [3.05, 3.63) is 22.9 Å². The van der Waals surface area contributed by atoms with Crippen LogP contribution in [0.5, 0.6) is 0 Å². The van der Waals surface area contributed by atoms with Crippen molar-refractivity contribution in [2.45, 2.75) is 26.6 Å². The van der Waals surface area contributed by atoms with Crippen molar-refractivity contribution in [2.24, 2.45) is 0 Å². The second-order valence-corrected chi connectivity index (χ2v) is 3.07. The van der Waals surface area contributed by atoms with Crippen LogP contribution in [0.2, 0.25) is 0 Å². The molecule has 1 nitrogen and oxygen atoms in total. The van der Waals surface area contributed by atoms with E-state index in [1.165, 1.54) is 0 Å². The van der Waals surface area contributed by atoms with Crippen molar-refractivity contribution in [3.8, 4) is 0 Å². The van der Waals surface area contributed by atoms with Gasteiger partial charge in [0.05, 0.1) is 5.70 Å². The van der Waals surface area contributed by atoms with Crippen molar-refractivity contribution in [3.63, 3.8) is 0 Å². The highest BCUT2D eigenvalue weighted by Gasteiger charge is 2.44. The van der Waals surface area contributed by atoms with E-state index in [0.717, 1.165) is 13.8 Å². The summed E-state index contributed by atoms with van der Waals surface area (Å²) in [7, 11) is 0. The smallest absolute Gasteiger partial charge is 0.210 e. The molecule has 0 saturated heterocycles. The quantitative estimate of drug-likeness (QED) is 0.325. The molecular weight excluding hydrogens is 186 g/mol. The van der Waals surface area contributed by atoms with Crippen LogP contribution >= 0.6 is 0 Å². The summed E-state index contributed by atoms with van der Waals surface area (Å²) in [5, 5.41) is -0.551. The summed E-state index contributed by atoms with van der Waals surface area (Å²) in [6.07, 6.45) is 0. The fourth-order valence-electron chi connectivity index (χ4n) is 1.20. The van der Waals surface area contributed by atoms with E-state index in [4.69, 9.17) is 0 Å². The molecule has 0 aromatic carbocycles. The molecule has 74 valence electrons. The molecule has 1 heterocycles. The SMILES string of the molecule is CC1=C(F)C(C)(F)N(F)C(C)=C1F. The molecule has 0 saturated carbocycles. The fourth-order valence-corrected chi connectivity index (χ4v) is 1.20. The van der Waals surface area contributed by atoms with Gasteiger partial charge >= 0.3 is 0 Å². The Hall–Kier alpha value is -1.00. The van der Waals surface area contributed by atoms with E-state index in [1.54, 1.807) is 0 Å². The Bertz CT molecular complexity index is 303. The van der Waals surface area contributed by atoms with Crippen LogP contribution in [0.25, 0.3) is 0 Å². The summed E-state index contributed by atoms with van der Waals surface area (Å²) >= 11 is 0. The highest BCUT2D eigenvalue weighted by molar-refractivity contribution is 5.36.